The third kappa shape index (κ3) is 5.25. The Labute approximate surface area is 96.7 Å². The van der Waals surface area contributed by atoms with Gasteiger partial charge in [-0.2, -0.15) is 5.10 Å². The molecule has 1 aromatic heterocycles. The van der Waals surface area contributed by atoms with Crippen molar-refractivity contribution in [3.05, 3.63) is 18.0 Å². The van der Waals surface area contributed by atoms with Gasteiger partial charge in [-0.25, -0.2) is 0 Å². The molecule has 0 fully saturated rings. The molecule has 0 bridgehead atoms. The summed E-state index contributed by atoms with van der Waals surface area (Å²) < 4.78 is 12.2. The Bertz CT molecular complexity index is 276. The molecule has 0 saturated heterocycles. The Morgan fingerprint density at radius 3 is 2.94 bits per heavy atom. The van der Waals surface area contributed by atoms with E-state index in [0.717, 1.165) is 39.3 Å². The van der Waals surface area contributed by atoms with E-state index in [1.54, 1.807) is 13.3 Å². The van der Waals surface area contributed by atoms with Crippen LogP contribution in [-0.4, -0.2) is 43.3 Å². The monoisotopic (exact) mass is 227 g/mol. The highest BCUT2D eigenvalue weighted by Crippen LogP contribution is 1.94. The van der Waals surface area contributed by atoms with Gasteiger partial charge < -0.3 is 14.8 Å². The number of ether oxygens (including phenoxy) is 2. The summed E-state index contributed by atoms with van der Waals surface area (Å²) >= 11 is 0. The van der Waals surface area contributed by atoms with Crippen molar-refractivity contribution >= 4 is 0 Å². The Morgan fingerprint density at radius 1 is 1.38 bits per heavy atom. The van der Waals surface area contributed by atoms with Gasteiger partial charge >= 0.3 is 0 Å². The van der Waals surface area contributed by atoms with Crippen LogP contribution in [0, 0.1) is 0 Å². The van der Waals surface area contributed by atoms with E-state index in [4.69, 9.17) is 9.47 Å². The summed E-state index contributed by atoms with van der Waals surface area (Å²) in [5, 5.41) is 7.40. The van der Waals surface area contributed by atoms with Gasteiger partial charge in [0, 0.05) is 46.7 Å². The van der Waals surface area contributed by atoms with Gasteiger partial charge in [0.2, 0.25) is 0 Å². The molecule has 0 amide bonds. The SMILES string of the molecule is COCCCOCCNCc1ccnn1C. The smallest absolute Gasteiger partial charge is 0.0591 e. The van der Waals surface area contributed by atoms with Crippen LogP contribution in [-0.2, 0) is 23.1 Å². The third-order valence-corrected chi connectivity index (χ3v) is 2.29. The van der Waals surface area contributed by atoms with Crippen molar-refractivity contribution in [1.29, 1.82) is 0 Å². The highest BCUT2D eigenvalue weighted by molar-refractivity contribution is 4.98. The first kappa shape index (κ1) is 13.2. The van der Waals surface area contributed by atoms with Crippen molar-refractivity contribution in [1.82, 2.24) is 15.1 Å². The molecule has 0 unspecified atom stereocenters. The molecule has 0 aliphatic carbocycles. The summed E-state index contributed by atoms with van der Waals surface area (Å²) in [5.74, 6) is 0. The molecule has 0 radical (unpaired) electrons. The Morgan fingerprint density at radius 2 is 2.25 bits per heavy atom. The van der Waals surface area contributed by atoms with Gasteiger partial charge in [0.05, 0.1) is 12.3 Å². The van der Waals surface area contributed by atoms with Crippen LogP contribution in [0.4, 0.5) is 0 Å². The number of aryl methyl sites for hydroxylation is 1. The standard InChI is InChI=1S/C11H21N3O2/c1-14-11(4-5-13-14)10-12-6-9-16-8-3-7-15-2/h4-5,12H,3,6-10H2,1-2H3. The number of rotatable bonds is 9. The van der Waals surface area contributed by atoms with Gasteiger partial charge in [-0.1, -0.05) is 0 Å². The molecular weight excluding hydrogens is 206 g/mol. The van der Waals surface area contributed by atoms with Crippen molar-refractivity contribution < 1.29 is 9.47 Å². The molecule has 1 aromatic rings. The second kappa shape index (κ2) is 8.27. The maximum Gasteiger partial charge on any atom is 0.0591 e. The molecular formula is C11H21N3O2. The molecule has 16 heavy (non-hydrogen) atoms. The zero-order valence-electron chi connectivity index (χ0n) is 10.1. The van der Waals surface area contributed by atoms with Crippen LogP contribution in [0.2, 0.25) is 0 Å². The topological polar surface area (TPSA) is 48.3 Å². The van der Waals surface area contributed by atoms with E-state index in [-0.39, 0.29) is 0 Å². The van der Waals surface area contributed by atoms with Crippen molar-refractivity contribution in [2.24, 2.45) is 7.05 Å². The van der Waals surface area contributed by atoms with Crippen LogP contribution in [0.5, 0.6) is 0 Å². The molecule has 0 spiro atoms. The Kier molecular flexibility index (Phi) is 6.80. The third-order valence-electron chi connectivity index (χ3n) is 2.29. The van der Waals surface area contributed by atoms with Gasteiger partial charge in [0.1, 0.15) is 0 Å². The summed E-state index contributed by atoms with van der Waals surface area (Å²) in [6, 6.07) is 2.01. The number of nitrogens with one attached hydrogen (secondary N) is 1. The summed E-state index contributed by atoms with van der Waals surface area (Å²) in [7, 11) is 3.65. The fourth-order valence-electron chi connectivity index (χ4n) is 1.34. The number of hydrogen-bond acceptors (Lipinski definition) is 4. The minimum atomic E-state index is 0.738. The average Bonchev–Trinajstić information content (AvgIpc) is 2.68. The molecule has 5 nitrogen and oxygen atoms in total. The van der Waals surface area contributed by atoms with Crippen molar-refractivity contribution in [3.63, 3.8) is 0 Å². The molecule has 5 heteroatoms. The lowest BCUT2D eigenvalue weighted by atomic mass is 10.4. The molecule has 92 valence electrons. The molecule has 1 heterocycles. The predicted octanol–water partition coefficient (Wildman–Crippen LogP) is 0.563. The van der Waals surface area contributed by atoms with Crippen LogP contribution in [0.15, 0.2) is 12.3 Å². The van der Waals surface area contributed by atoms with Gasteiger partial charge in [-0.3, -0.25) is 4.68 Å². The second-order valence-electron chi connectivity index (χ2n) is 3.58. The summed E-state index contributed by atoms with van der Waals surface area (Å²) in [4.78, 5) is 0. The van der Waals surface area contributed by atoms with Crippen molar-refractivity contribution in [2.75, 3.05) is 33.5 Å². The number of nitrogens with zero attached hydrogens (tertiary/aromatic N) is 2. The molecule has 0 atom stereocenters. The van der Waals surface area contributed by atoms with Crippen LogP contribution < -0.4 is 5.32 Å². The minimum absolute atomic E-state index is 0.738. The predicted molar refractivity (Wildman–Crippen MR) is 62.2 cm³/mol. The number of methoxy groups -OCH3 is 1. The molecule has 0 aliphatic heterocycles. The maximum atomic E-state index is 5.42. The molecule has 0 aromatic carbocycles. The summed E-state index contributed by atoms with van der Waals surface area (Å²) in [6.45, 7) is 3.96. The van der Waals surface area contributed by atoms with E-state index in [1.807, 2.05) is 17.8 Å². The van der Waals surface area contributed by atoms with E-state index in [0.29, 0.717) is 0 Å². The first-order valence-corrected chi connectivity index (χ1v) is 5.59. The normalized spacial score (nSPS) is 10.9. The van der Waals surface area contributed by atoms with Gasteiger partial charge in [0.25, 0.3) is 0 Å². The van der Waals surface area contributed by atoms with Gasteiger partial charge in [0.15, 0.2) is 0 Å². The summed E-state index contributed by atoms with van der Waals surface area (Å²) in [6.07, 6.45) is 2.76. The molecule has 0 saturated carbocycles. The van der Waals surface area contributed by atoms with Crippen LogP contribution >= 0.6 is 0 Å². The maximum absolute atomic E-state index is 5.42. The van der Waals surface area contributed by atoms with E-state index < -0.39 is 0 Å². The van der Waals surface area contributed by atoms with Crippen LogP contribution in [0.3, 0.4) is 0 Å². The quantitative estimate of drug-likeness (QED) is 0.626. The Balaban J connectivity index is 1.91. The van der Waals surface area contributed by atoms with E-state index in [2.05, 4.69) is 10.4 Å². The van der Waals surface area contributed by atoms with E-state index in [1.165, 1.54) is 5.69 Å². The van der Waals surface area contributed by atoms with E-state index in [9.17, 15) is 0 Å². The minimum Gasteiger partial charge on any atom is -0.385 e. The van der Waals surface area contributed by atoms with Crippen molar-refractivity contribution in [2.45, 2.75) is 13.0 Å². The van der Waals surface area contributed by atoms with Crippen LogP contribution in [0.1, 0.15) is 12.1 Å². The lowest BCUT2D eigenvalue weighted by Gasteiger charge is -2.06. The first-order valence-electron chi connectivity index (χ1n) is 5.59. The van der Waals surface area contributed by atoms with Gasteiger partial charge in [-0.15, -0.1) is 0 Å². The molecule has 0 aliphatic rings. The largest absolute Gasteiger partial charge is 0.385 e. The second-order valence-corrected chi connectivity index (χ2v) is 3.58. The lowest BCUT2D eigenvalue weighted by molar-refractivity contribution is 0.104. The highest BCUT2D eigenvalue weighted by Gasteiger charge is 1.96. The van der Waals surface area contributed by atoms with Gasteiger partial charge in [-0.05, 0) is 12.5 Å². The van der Waals surface area contributed by atoms with Crippen LogP contribution in [0.25, 0.3) is 0 Å². The fourth-order valence-corrected chi connectivity index (χ4v) is 1.34. The lowest BCUT2D eigenvalue weighted by Crippen LogP contribution is -2.21. The summed E-state index contributed by atoms with van der Waals surface area (Å²) in [5.41, 5.74) is 1.18. The molecule has 1 N–H and O–H groups in total. The fraction of sp³-hybridized carbons (Fsp3) is 0.727. The number of hydrogen-bond donors (Lipinski definition) is 1. The zero-order chi connectivity index (χ0) is 11.6. The molecule has 1 rings (SSSR count). The van der Waals surface area contributed by atoms with Crippen molar-refractivity contribution in [3.8, 4) is 0 Å². The Hall–Kier alpha value is -0.910. The average molecular weight is 227 g/mol. The zero-order valence-corrected chi connectivity index (χ0v) is 10.1. The first-order chi connectivity index (χ1) is 7.84. The highest BCUT2D eigenvalue weighted by atomic mass is 16.5. The van der Waals surface area contributed by atoms with E-state index >= 15 is 0 Å². The number of aromatic nitrogens is 2.